The van der Waals surface area contributed by atoms with Gasteiger partial charge in [0, 0.05) is 11.8 Å². The van der Waals surface area contributed by atoms with Gasteiger partial charge in [0.15, 0.2) is 5.52 Å². The lowest BCUT2D eigenvalue weighted by Crippen LogP contribution is -2.33. The number of nitrogens with zero attached hydrogens (tertiary/aromatic N) is 4. The highest BCUT2D eigenvalue weighted by Gasteiger charge is 2.34. The minimum Gasteiger partial charge on any atom is -0.259 e. The van der Waals surface area contributed by atoms with Gasteiger partial charge >= 0.3 is 0 Å². The first kappa shape index (κ1) is 8.62. The second kappa shape index (κ2) is 3.52. The average molecular weight is 278 g/mol. The molecule has 4 heterocycles. The maximum atomic E-state index is 8.11. The molecular formula is C17H15N4+. The van der Waals surface area contributed by atoms with E-state index in [-0.39, 0.29) is 0 Å². The molecule has 0 amide bonds. The Hall–Kier alpha value is -2.62. The maximum Gasteiger partial charge on any atom is 0.269 e. The van der Waals surface area contributed by atoms with Crippen molar-refractivity contribution in [3.8, 4) is 11.5 Å². The van der Waals surface area contributed by atoms with Crippen LogP contribution in [0.25, 0.3) is 33.6 Å². The van der Waals surface area contributed by atoms with E-state index in [1.54, 1.807) is 6.20 Å². The minimum atomic E-state index is -2.28. The highest BCUT2D eigenvalue weighted by Crippen LogP contribution is 2.33. The summed E-state index contributed by atoms with van der Waals surface area (Å²) < 4.78 is 30.0. The predicted octanol–water partition coefficient (Wildman–Crippen LogP) is 2.38. The van der Waals surface area contributed by atoms with Crippen LogP contribution >= 0.6 is 0 Å². The van der Waals surface area contributed by atoms with Gasteiger partial charge in [-0.3, -0.25) is 9.13 Å². The number of aryl methyl sites for hydroxylation is 2. The van der Waals surface area contributed by atoms with E-state index in [2.05, 4.69) is 14.1 Å². The standard InChI is InChI=1S/C17H15N4/c1-19-13-8-4-3-7-12(13)15-17(19)21-10-11-6-5-9-18-14(11)16(21)20(15)2/h3-9H,10H2,1-2H3/q+1/i2D3. The minimum absolute atomic E-state index is 0.641. The molecule has 0 N–H and O–H groups in total. The molecule has 0 atom stereocenters. The summed E-state index contributed by atoms with van der Waals surface area (Å²) in [5.41, 5.74) is 4.51. The molecule has 4 aromatic rings. The van der Waals surface area contributed by atoms with Crippen LogP contribution in [0.1, 0.15) is 9.68 Å². The van der Waals surface area contributed by atoms with Gasteiger partial charge in [-0.25, -0.2) is 9.55 Å². The van der Waals surface area contributed by atoms with Crippen LogP contribution in [0.3, 0.4) is 0 Å². The molecule has 1 aromatic carbocycles. The number of imidazole rings is 1. The maximum absolute atomic E-state index is 8.11. The van der Waals surface area contributed by atoms with Crippen molar-refractivity contribution in [1.29, 1.82) is 0 Å². The van der Waals surface area contributed by atoms with Crippen LogP contribution < -0.4 is 4.57 Å². The Morgan fingerprint density at radius 3 is 3.00 bits per heavy atom. The first-order valence-electron chi connectivity index (χ1n) is 8.45. The summed E-state index contributed by atoms with van der Waals surface area (Å²) in [6.07, 6.45) is 1.72. The number of pyridine rings is 1. The fourth-order valence-corrected chi connectivity index (χ4v) is 3.54. The number of para-hydroxylation sites is 1. The number of rotatable bonds is 0. The van der Waals surface area contributed by atoms with Crippen molar-refractivity contribution in [2.24, 2.45) is 14.0 Å². The molecule has 1 aliphatic heterocycles. The number of fused-ring (bicyclic) bond motifs is 7. The van der Waals surface area contributed by atoms with Gasteiger partial charge in [0.25, 0.3) is 11.5 Å². The normalized spacial score (nSPS) is 15.8. The highest BCUT2D eigenvalue weighted by molar-refractivity contribution is 6.04. The van der Waals surface area contributed by atoms with E-state index in [0.29, 0.717) is 12.4 Å². The van der Waals surface area contributed by atoms with Gasteiger partial charge < -0.3 is 0 Å². The molecule has 3 aromatic heterocycles. The number of benzene rings is 1. The Kier molecular flexibility index (Phi) is 1.45. The topological polar surface area (TPSA) is 26.6 Å². The SMILES string of the molecule is [2H]C([2H])([2H])n1c2[n+](c3c1c1ccccc1n3C)Cc1cccnc1-2. The summed E-state index contributed by atoms with van der Waals surface area (Å²) in [7, 11) is 1.98. The highest BCUT2D eigenvalue weighted by atomic mass is 15.2. The summed E-state index contributed by atoms with van der Waals surface area (Å²) in [4.78, 5) is 4.46. The molecule has 4 heteroatoms. The molecule has 0 radical (unpaired) electrons. The molecule has 0 saturated heterocycles. The third-order valence-corrected chi connectivity index (χ3v) is 4.43. The zero-order chi connectivity index (χ0) is 16.6. The monoisotopic (exact) mass is 278 g/mol. The smallest absolute Gasteiger partial charge is 0.259 e. The molecule has 0 bridgehead atoms. The van der Waals surface area contributed by atoms with Gasteiger partial charge in [-0.15, -0.1) is 0 Å². The summed E-state index contributed by atoms with van der Waals surface area (Å²) in [6, 6.07) is 11.8. The molecule has 4 nitrogen and oxygen atoms in total. The van der Waals surface area contributed by atoms with Crippen molar-refractivity contribution in [2.75, 3.05) is 0 Å². The molecule has 1 aliphatic rings. The lowest BCUT2D eigenvalue weighted by molar-refractivity contribution is -0.648. The Balaban J connectivity index is 2.05. The fourth-order valence-electron chi connectivity index (χ4n) is 3.54. The van der Waals surface area contributed by atoms with Gasteiger partial charge in [0.05, 0.1) is 30.1 Å². The van der Waals surface area contributed by atoms with Gasteiger partial charge in [-0.2, -0.15) is 0 Å². The van der Waals surface area contributed by atoms with Crippen molar-refractivity contribution in [1.82, 2.24) is 14.1 Å². The van der Waals surface area contributed by atoms with Crippen molar-refractivity contribution in [3.63, 3.8) is 0 Å². The first-order chi connectivity index (χ1) is 11.5. The van der Waals surface area contributed by atoms with E-state index in [1.165, 1.54) is 4.57 Å². The molecule has 0 unspecified atom stereocenters. The third-order valence-electron chi connectivity index (χ3n) is 4.43. The Morgan fingerprint density at radius 2 is 2.10 bits per heavy atom. The zero-order valence-corrected chi connectivity index (χ0v) is 11.5. The summed E-state index contributed by atoms with van der Waals surface area (Å²) in [6.45, 7) is -1.63. The van der Waals surface area contributed by atoms with Crippen molar-refractivity contribution >= 4 is 22.1 Å². The number of hydrogen-bond acceptors (Lipinski definition) is 1. The van der Waals surface area contributed by atoms with Gasteiger partial charge in [-0.1, -0.05) is 18.2 Å². The largest absolute Gasteiger partial charge is 0.269 e. The predicted molar refractivity (Wildman–Crippen MR) is 81.9 cm³/mol. The van der Waals surface area contributed by atoms with E-state index in [0.717, 1.165) is 33.3 Å². The first-order valence-corrected chi connectivity index (χ1v) is 6.95. The summed E-state index contributed by atoms with van der Waals surface area (Å²) in [5.74, 6) is 0.664. The van der Waals surface area contributed by atoms with Crippen LogP contribution in [0, 0.1) is 0 Å². The molecule has 0 aliphatic carbocycles. The van der Waals surface area contributed by atoms with Crippen LogP contribution in [0.15, 0.2) is 42.6 Å². The molecule has 5 rings (SSSR count). The van der Waals surface area contributed by atoms with Gasteiger partial charge in [0.1, 0.15) is 11.2 Å². The Labute approximate surface area is 126 Å². The molecule has 0 saturated carbocycles. The van der Waals surface area contributed by atoms with E-state index in [4.69, 9.17) is 4.11 Å². The van der Waals surface area contributed by atoms with Crippen LogP contribution in [0.4, 0.5) is 0 Å². The van der Waals surface area contributed by atoms with Crippen LogP contribution in [-0.2, 0) is 20.6 Å². The quantitative estimate of drug-likeness (QED) is 0.399. The molecule has 0 fully saturated rings. The van der Waals surface area contributed by atoms with E-state index in [1.807, 2.05) is 43.4 Å². The molecule has 21 heavy (non-hydrogen) atoms. The Bertz CT molecular complexity index is 1130. The zero-order valence-electron chi connectivity index (χ0n) is 14.5. The van der Waals surface area contributed by atoms with Crippen LogP contribution in [-0.4, -0.2) is 14.1 Å². The lowest BCUT2D eigenvalue weighted by atomic mass is 10.2. The van der Waals surface area contributed by atoms with Gasteiger partial charge in [0.2, 0.25) is 0 Å². The van der Waals surface area contributed by atoms with Crippen molar-refractivity contribution in [3.05, 3.63) is 48.2 Å². The third kappa shape index (κ3) is 1.17. The summed E-state index contributed by atoms with van der Waals surface area (Å²) in [5, 5.41) is 0.950. The fraction of sp³-hybridized carbons (Fsp3) is 0.176. The van der Waals surface area contributed by atoms with E-state index >= 15 is 0 Å². The second-order valence-electron chi connectivity index (χ2n) is 5.50. The average Bonchev–Trinajstić information content (AvgIpc) is 3.15. The van der Waals surface area contributed by atoms with E-state index in [9.17, 15) is 0 Å². The second-order valence-corrected chi connectivity index (χ2v) is 5.50. The molecule has 102 valence electrons. The number of aromatic nitrogens is 4. The Morgan fingerprint density at radius 1 is 1.19 bits per heavy atom. The lowest BCUT2D eigenvalue weighted by Gasteiger charge is -1.97. The number of hydrogen-bond donors (Lipinski definition) is 0. The van der Waals surface area contributed by atoms with E-state index < -0.39 is 6.98 Å². The molecular weight excluding hydrogens is 260 g/mol. The van der Waals surface area contributed by atoms with Crippen molar-refractivity contribution < 1.29 is 8.68 Å². The molecule has 0 spiro atoms. The summed E-state index contributed by atoms with van der Waals surface area (Å²) >= 11 is 0. The van der Waals surface area contributed by atoms with Gasteiger partial charge in [-0.05, 0) is 18.2 Å². The van der Waals surface area contributed by atoms with Crippen LogP contribution in [0.2, 0.25) is 0 Å². The van der Waals surface area contributed by atoms with Crippen molar-refractivity contribution in [2.45, 2.75) is 6.54 Å². The van der Waals surface area contributed by atoms with Crippen LogP contribution in [0.5, 0.6) is 0 Å².